The van der Waals surface area contributed by atoms with Gasteiger partial charge in [0.05, 0.1) is 0 Å². The summed E-state index contributed by atoms with van der Waals surface area (Å²) in [4.78, 5) is 2.61. The summed E-state index contributed by atoms with van der Waals surface area (Å²) < 4.78 is 0. The first-order chi connectivity index (χ1) is 7.67. The van der Waals surface area contributed by atoms with Gasteiger partial charge in [0, 0.05) is 36.2 Å². The number of thioether (sulfide) groups is 2. The minimum absolute atomic E-state index is 0.602. The summed E-state index contributed by atoms with van der Waals surface area (Å²) in [6.07, 6.45) is 1.25. The van der Waals surface area contributed by atoms with Crippen molar-refractivity contribution >= 4 is 23.5 Å². The normalized spacial score (nSPS) is 29.2. The zero-order valence-electron chi connectivity index (χ0n) is 10.8. The molecule has 1 aliphatic rings. The summed E-state index contributed by atoms with van der Waals surface area (Å²) in [5.41, 5.74) is 5.92. The van der Waals surface area contributed by atoms with Gasteiger partial charge >= 0.3 is 0 Å². The van der Waals surface area contributed by atoms with Crippen LogP contribution >= 0.6 is 23.5 Å². The lowest BCUT2D eigenvalue weighted by Crippen LogP contribution is -2.49. The Balaban J connectivity index is 2.38. The minimum atomic E-state index is 0.602. The molecule has 0 radical (unpaired) electrons. The van der Waals surface area contributed by atoms with E-state index in [9.17, 15) is 0 Å². The monoisotopic (exact) mass is 262 g/mol. The van der Waals surface area contributed by atoms with Gasteiger partial charge in [0.1, 0.15) is 0 Å². The van der Waals surface area contributed by atoms with Crippen LogP contribution in [0, 0.1) is 0 Å². The van der Waals surface area contributed by atoms with Crippen molar-refractivity contribution in [3.8, 4) is 0 Å². The molecule has 4 heteroatoms. The average Bonchev–Trinajstić information content (AvgIpc) is 2.23. The number of hydrogen-bond acceptors (Lipinski definition) is 4. The van der Waals surface area contributed by atoms with Crippen LogP contribution in [0.15, 0.2) is 0 Å². The number of nitrogens with two attached hydrogens (primary N) is 1. The van der Waals surface area contributed by atoms with Crippen molar-refractivity contribution in [1.29, 1.82) is 0 Å². The van der Waals surface area contributed by atoms with Crippen molar-refractivity contribution in [3.63, 3.8) is 0 Å². The molecule has 1 aliphatic heterocycles. The van der Waals surface area contributed by atoms with E-state index in [1.165, 1.54) is 31.0 Å². The van der Waals surface area contributed by atoms with E-state index >= 15 is 0 Å². The number of hydrogen-bond donors (Lipinski definition) is 1. The molecule has 0 amide bonds. The molecule has 0 aromatic carbocycles. The lowest BCUT2D eigenvalue weighted by molar-refractivity contribution is 0.194. The van der Waals surface area contributed by atoms with Crippen molar-refractivity contribution in [2.24, 2.45) is 5.73 Å². The smallest absolute Gasteiger partial charge is 0.0227 e. The van der Waals surface area contributed by atoms with Crippen molar-refractivity contribution < 1.29 is 0 Å². The van der Waals surface area contributed by atoms with Crippen molar-refractivity contribution in [1.82, 2.24) is 4.90 Å². The fourth-order valence-electron chi connectivity index (χ4n) is 2.33. The summed E-state index contributed by atoms with van der Waals surface area (Å²) in [6, 6.07) is 0.602. The molecule has 16 heavy (non-hydrogen) atoms. The van der Waals surface area contributed by atoms with Crippen LogP contribution in [0.3, 0.4) is 0 Å². The van der Waals surface area contributed by atoms with E-state index in [1.807, 2.05) is 11.8 Å². The molecule has 0 bridgehead atoms. The van der Waals surface area contributed by atoms with Crippen LogP contribution in [-0.2, 0) is 0 Å². The molecule has 0 aromatic heterocycles. The Hall–Kier alpha value is 0.620. The third-order valence-electron chi connectivity index (χ3n) is 3.04. The molecule has 1 rings (SSSR count). The van der Waals surface area contributed by atoms with Crippen molar-refractivity contribution in [2.45, 2.75) is 43.7 Å². The van der Waals surface area contributed by atoms with Crippen molar-refractivity contribution in [2.75, 3.05) is 31.1 Å². The highest BCUT2D eigenvalue weighted by Crippen LogP contribution is 2.26. The Labute approximate surface area is 109 Å². The predicted molar refractivity (Wildman–Crippen MR) is 78.5 cm³/mol. The average molecular weight is 262 g/mol. The second-order valence-corrected chi connectivity index (χ2v) is 7.86. The molecule has 1 fully saturated rings. The third-order valence-corrected chi connectivity index (χ3v) is 5.20. The molecule has 2 N–H and O–H groups in total. The van der Waals surface area contributed by atoms with E-state index in [0.29, 0.717) is 6.04 Å². The zero-order chi connectivity index (χ0) is 12.0. The van der Waals surface area contributed by atoms with Crippen LogP contribution in [0.5, 0.6) is 0 Å². The summed E-state index contributed by atoms with van der Waals surface area (Å²) in [7, 11) is 0. The molecule has 1 saturated heterocycles. The van der Waals surface area contributed by atoms with Gasteiger partial charge in [-0.15, -0.1) is 0 Å². The van der Waals surface area contributed by atoms with Gasteiger partial charge in [0.2, 0.25) is 0 Å². The molecule has 96 valence electrons. The SMILES string of the molecule is CCSCCC(CN)N1CC(C)SC(C)C1. The maximum absolute atomic E-state index is 5.92. The number of rotatable bonds is 6. The Kier molecular flexibility index (Phi) is 7.20. The second kappa shape index (κ2) is 7.85. The predicted octanol–water partition coefficient (Wildman–Crippen LogP) is 2.28. The van der Waals surface area contributed by atoms with Crippen LogP contribution < -0.4 is 5.73 Å². The van der Waals surface area contributed by atoms with Gasteiger partial charge in [0.15, 0.2) is 0 Å². The summed E-state index contributed by atoms with van der Waals surface area (Å²) in [5, 5.41) is 1.52. The van der Waals surface area contributed by atoms with E-state index in [1.54, 1.807) is 0 Å². The molecular weight excluding hydrogens is 236 g/mol. The fraction of sp³-hybridized carbons (Fsp3) is 1.00. The molecule has 0 aliphatic carbocycles. The summed E-state index contributed by atoms with van der Waals surface area (Å²) in [6.45, 7) is 10.1. The summed E-state index contributed by atoms with van der Waals surface area (Å²) in [5.74, 6) is 2.48. The van der Waals surface area contributed by atoms with E-state index in [0.717, 1.165) is 17.0 Å². The fourth-order valence-corrected chi connectivity index (χ4v) is 4.40. The van der Waals surface area contributed by atoms with Gasteiger partial charge in [-0.05, 0) is 17.9 Å². The topological polar surface area (TPSA) is 29.3 Å². The Morgan fingerprint density at radius 1 is 1.38 bits per heavy atom. The van der Waals surface area contributed by atoms with Crippen LogP contribution in [0.25, 0.3) is 0 Å². The van der Waals surface area contributed by atoms with Gasteiger partial charge in [-0.25, -0.2) is 0 Å². The lowest BCUT2D eigenvalue weighted by atomic mass is 10.1. The first-order valence-corrected chi connectivity index (χ1v) is 8.44. The molecule has 1 heterocycles. The lowest BCUT2D eigenvalue weighted by Gasteiger charge is -2.39. The molecular formula is C12H26N2S2. The maximum Gasteiger partial charge on any atom is 0.0227 e. The van der Waals surface area contributed by atoms with Crippen LogP contribution in [0.4, 0.5) is 0 Å². The van der Waals surface area contributed by atoms with Crippen LogP contribution in [0.2, 0.25) is 0 Å². The standard InChI is InChI=1S/C12H26N2S2/c1-4-15-6-5-12(7-13)14-8-10(2)16-11(3)9-14/h10-12H,4-9,13H2,1-3H3. The Morgan fingerprint density at radius 2 is 2.00 bits per heavy atom. The second-order valence-electron chi connectivity index (χ2n) is 4.59. The van der Waals surface area contributed by atoms with Crippen LogP contribution in [-0.4, -0.2) is 52.6 Å². The van der Waals surface area contributed by atoms with E-state index < -0.39 is 0 Å². The van der Waals surface area contributed by atoms with Gasteiger partial charge in [-0.2, -0.15) is 23.5 Å². The van der Waals surface area contributed by atoms with Gasteiger partial charge < -0.3 is 5.73 Å². The molecule has 0 aromatic rings. The molecule has 3 atom stereocenters. The third kappa shape index (κ3) is 4.86. The molecule has 0 saturated carbocycles. The van der Waals surface area contributed by atoms with Crippen molar-refractivity contribution in [3.05, 3.63) is 0 Å². The Morgan fingerprint density at radius 3 is 2.50 bits per heavy atom. The van der Waals surface area contributed by atoms with Gasteiger partial charge in [-0.1, -0.05) is 20.8 Å². The zero-order valence-corrected chi connectivity index (χ0v) is 12.4. The minimum Gasteiger partial charge on any atom is -0.329 e. The van der Waals surface area contributed by atoms with Gasteiger partial charge in [0.25, 0.3) is 0 Å². The largest absolute Gasteiger partial charge is 0.329 e. The van der Waals surface area contributed by atoms with Gasteiger partial charge in [-0.3, -0.25) is 4.90 Å². The quantitative estimate of drug-likeness (QED) is 0.744. The molecule has 2 nitrogen and oxygen atoms in total. The molecule has 0 spiro atoms. The highest BCUT2D eigenvalue weighted by molar-refractivity contribution is 8.00. The maximum atomic E-state index is 5.92. The summed E-state index contributed by atoms with van der Waals surface area (Å²) >= 11 is 4.14. The number of nitrogens with zero attached hydrogens (tertiary/aromatic N) is 1. The molecule has 3 unspecified atom stereocenters. The Bertz CT molecular complexity index is 180. The van der Waals surface area contributed by atoms with E-state index in [2.05, 4.69) is 37.4 Å². The van der Waals surface area contributed by atoms with E-state index in [-0.39, 0.29) is 0 Å². The first-order valence-electron chi connectivity index (χ1n) is 6.34. The van der Waals surface area contributed by atoms with Crippen LogP contribution in [0.1, 0.15) is 27.2 Å². The highest BCUT2D eigenvalue weighted by atomic mass is 32.2. The highest BCUT2D eigenvalue weighted by Gasteiger charge is 2.26. The first kappa shape index (κ1) is 14.7. The van der Waals surface area contributed by atoms with E-state index in [4.69, 9.17) is 5.73 Å².